The molecule has 2 aliphatic carbocycles. The predicted octanol–water partition coefficient (Wildman–Crippen LogP) is 4.77. The Morgan fingerprint density at radius 1 is 1.09 bits per heavy atom. The van der Waals surface area contributed by atoms with E-state index in [9.17, 15) is 9.46 Å². The molecule has 1 aromatic carbocycles. The number of rotatable bonds is 8. The molecular formula is C17H25O5P. The van der Waals surface area contributed by atoms with E-state index < -0.39 is 7.82 Å². The van der Waals surface area contributed by atoms with Gasteiger partial charge in [-0.15, -0.1) is 0 Å². The van der Waals surface area contributed by atoms with Crippen LogP contribution in [0.3, 0.4) is 0 Å². The zero-order valence-electron chi connectivity index (χ0n) is 13.9. The highest BCUT2D eigenvalue weighted by atomic mass is 31.2. The molecule has 23 heavy (non-hydrogen) atoms. The fourth-order valence-corrected chi connectivity index (χ4v) is 3.43. The summed E-state index contributed by atoms with van der Waals surface area (Å²) in [6.07, 6.45) is 4.89. The highest BCUT2D eigenvalue weighted by Gasteiger charge is 2.36. The average Bonchev–Trinajstić information content (AvgIpc) is 3.41. The topological polar surface area (TPSA) is 65.0 Å². The number of hydrogen-bond acceptors (Lipinski definition) is 4. The van der Waals surface area contributed by atoms with Crippen molar-refractivity contribution in [1.82, 2.24) is 0 Å². The van der Waals surface area contributed by atoms with Gasteiger partial charge in [-0.1, -0.05) is 36.7 Å². The van der Waals surface area contributed by atoms with Crippen LogP contribution in [0.2, 0.25) is 0 Å². The van der Waals surface area contributed by atoms with Crippen molar-refractivity contribution < 1.29 is 23.5 Å². The monoisotopic (exact) mass is 340 g/mol. The molecular weight excluding hydrogens is 315 g/mol. The highest BCUT2D eigenvalue weighted by molar-refractivity contribution is 7.47. The highest BCUT2D eigenvalue weighted by Crippen LogP contribution is 2.51. The molecule has 0 bridgehead atoms. The third kappa shape index (κ3) is 3.97. The molecule has 3 rings (SSSR count). The second-order valence-electron chi connectivity index (χ2n) is 6.83. The summed E-state index contributed by atoms with van der Waals surface area (Å²) in [7, 11) is -3.06. The quantitative estimate of drug-likeness (QED) is 0.419. The molecule has 5 nitrogen and oxygen atoms in total. The minimum Gasteiger partial charge on any atom is -0.327 e. The maximum absolute atomic E-state index is 11.6. The molecule has 6 heteroatoms. The van der Waals surface area contributed by atoms with E-state index in [1.807, 2.05) is 18.2 Å². The zero-order chi connectivity index (χ0) is 16.6. The normalized spacial score (nSPS) is 23.1. The van der Waals surface area contributed by atoms with Gasteiger partial charge in [0.2, 0.25) is 0 Å². The van der Waals surface area contributed by atoms with Gasteiger partial charge in [-0.25, -0.2) is 4.57 Å². The second-order valence-corrected chi connectivity index (χ2v) is 8.28. The average molecular weight is 340 g/mol. The Balaban J connectivity index is 1.91. The second kappa shape index (κ2) is 6.56. The van der Waals surface area contributed by atoms with Gasteiger partial charge < -0.3 is 9.78 Å². The molecule has 128 valence electrons. The lowest BCUT2D eigenvalue weighted by Gasteiger charge is -2.22. The molecule has 0 radical (unpaired) electrons. The smallest absolute Gasteiger partial charge is 0.327 e. The van der Waals surface area contributed by atoms with Crippen molar-refractivity contribution in [1.29, 1.82) is 0 Å². The van der Waals surface area contributed by atoms with Crippen LogP contribution in [0.15, 0.2) is 18.2 Å². The van der Waals surface area contributed by atoms with Gasteiger partial charge in [-0.3, -0.25) is 4.52 Å². The van der Waals surface area contributed by atoms with E-state index in [-0.39, 0.29) is 0 Å². The molecule has 0 spiro atoms. The number of phosphoric acid groups is 1. The van der Waals surface area contributed by atoms with Crippen LogP contribution in [-0.4, -0.2) is 12.0 Å². The Labute approximate surface area is 137 Å². The van der Waals surface area contributed by atoms with Crippen LogP contribution < -0.4 is 4.89 Å². The van der Waals surface area contributed by atoms with Gasteiger partial charge in [0.1, 0.15) is 0 Å². The number of para-hydroxylation sites is 1. The summed E-state index contributed by atoms with van der Waals surface area (Å²) in [6, 6.07) is 6.10. The van der Waals surface area contributed by atoms with E-state index >= 15 is 0 Å². The van der Waals surface area contributed by atoms with Gasteiger partial charge in [-0.05, 0) is 49.4 Å². The molecule has 0 aliphatic heterocycles. The minimum atomic E-state index is -4.18. The van der Waals surface area contributed by atoms with Crippen molar-refractivity contribution in [2.75, 3.05) is 7.11 Å². The Morgan fingerprint density at radius 2 is 1.57 bits per heavy atom. The fourth-order valence-electron chi connectivity index (χ4n) is 3.20. The van der Waals surface area contributed by atoms with Gasteiger partial charge in [0.05, 0.1) is 0 Å². The first-order valence-electron chi connectivity index (χ1n) is 8.30. The summed E-state index contributed by atoms with van der Waals surface area (Å²) in [5.74, 6) is 2.61. The fraction of sp³-hybridized carbons (Fsp3) is 0.647. The number of phosphoric ester groups is 1. The molecule has 0 amide bonds. The van der Waals surface area contributed by atoms with E-state index in [4.69, 9.17) is 9.56 Å². The Morgan fingerprint density at radius 3 is 1.96 bits per heavy atom. The van der Waals surface area contributed by atoms with Crippen molar-refractivity contribution in [3.8, 4) is 5.75 Å². The van der Waals surface area contributed by atoms with Crippen LogP contribution in [0.25, 0.3) is 0 Å². The van der Waals surface area contributed by atoms with Gasteiger partial charge in [0.15, 0.2) is 5.75 Å². The van der Waals surface area contributed by atoms with Crippen molar-refractivity contribution in [2.45, 2.75) is 51.4 Å². The SMILES string of the molecule is COP(=O)(O)OOc1c([C@@H](C)C2CC2)cccc1[C@H](C)C1CC1. The Bertz CT molecular complexity index is 573. The maximum Gasteiger partial charge on any atom is 0.508 e. The molecule has 2 fully saturated rings. The molecule has 1 aromatic rings. The molecule has 0 heterocycles. The summed E-state index contributed by atoms with van der Waals surface area (Å²) >= 11 is 0. The van der Waals surface area contributed by atoms with E-state index in [2.05, 4.69) is 18.4 Å². The molecule has 0 aromatic heterocycles. The summed E-state index contributed by atoms with van der Waals surface area (Å²) < 4.78 is 20.8. The van der Waals surface area contributed by atoms with Gasteiger partial charge in [0, 0.05) is 18.2 Å². The van der Waals surface area contributed by atoms with Crippen molar-refractivity contribution in [2.24, 2.45) is 11.8 Å². The maximum atomic E-state index is 11.6. The third-order valence-electron chi connectivity index (χ3n) is 5.16. The van der Waals surface area contributed by atoms with Crippen LogP contribution in [-0.2, 0) is 13.8 Å². The van der Waals surface area contributed by atoms with E-state index in [0.717, 1.165) is 18.2 Å². The summed E-state index contributed by atoms with van der Waals surface area (Å²) in [6.45, 7) is 4.36. The lowest BCUT2D eigenvalue weighted by Crippen LogP contribution is -2.08. The van der Waals surface area contributed by atoms with Gasteiger partial charge >= 0.3 is 7.82 Å². The number of benzene rings is 1. The van der Waals surface area contributed by atoms with Crippen molar-refractivity contribution in [3.05, 3.63) is 29.3 Å². The molecule has 2 aliphatic rings. The lowest BCUT2D eigenvalue weighted by molar-refractivity contribution is -0.127. The Hall–Kier alpha value is -0.870. The summed E-state index contributed by atoms with van der Waals surface area (Å²) in [4.78, 5) is 14.9. The molecule has 1 unspecified atom stereocenters. The first-order chi connectivity index (χ1) is 10.9. The largest absolute Gasteiger partial charge is 0.508 e. The van der Waals surface area contributed by atoms with Gasteiger partial charge in [0.25, 0.3) is 0 Å². The van der Waals surface area contributed by atoms with Crippen LogP contribution in [0.1, 0.15) is 62.5 Å². The van der Waals surface area contributed by atoms with Gasteiger partial charge in [-0.2, -0.15) is 0 Å². The van der Waals surface area contributed by atoms with Crippen LogP contribution in [0.4, 0.5) is 0 Å². The molecule has 2 saturated carbocycles. The number of hydrogen-bond donors (Lipinski definition) is 1. The lowest BCUT2D eigenvalue weighted by atomic mass is 9.88. The van der Waals surface area contributed by atoms with E-state index in [1.54, 1.807) is 0 Å². The van der Waals surface area contributed by atoms with Crippen LogP contribution in [0.5, 0.6) is 5.75 Å². The van der Waals surface area contributed by atoms with E-state index in [1.165, 1.54) is 25.7 Å². The standard InChI is InChI=1S/C17H25O5P/c1-11(13-7-8-13)15-5-4-6-16(12(2)14-9-10-14)17(15)21-22-23(18,19)20-3/h4-6,11-14H,7-10H2,1-3H3,(H,18,19)/t11-,12+. The van der Waals surface area contributed by atoms with Crippen LogP contribution >= 0.6 is 7.82 Å². The van der Waals surface area contributed by atoms with Crippen molar-refractivity contribution >= 4 is 7.82 Å². The predicted molar refractivity (Wildman–Crippen MR) is 87.3 cm³/mol. The zero-order valence-corrected chi connectivity index (χ0v) is 14.8. The third-order valence-corrected chi connectivity index (χ3v) is 5.89. The molecule has 3 atom stereocenters. The summed E-state index contributed by atoms with van der Waals surface area (Å²) in [5.41, 5.74) is 2.10. The molecule has 0 saturated heterocycles. The van der Waals surface area contributed by atoms with E-state index in [0.29, 0.717) is 29.4 Å². The molecule has 1 N–H and O–H groups in total. The summed E-state index contributed by atoms with van der Waals surface area (Å²) in [5, 5.41) is 0. The first kappa shape index (κ1) is 17.0. The van der Waals surface area contributed by atoms with Crippen molar-refractivity contribution in [3.63, 3.8) is 0 Å². The van der Waals surface area contributed by atoms with Crippen LogP contribution in [0, 0.1) is 11.8 Å². The minimum absolute atomic E-state index is 0.348. The first-order valence-corrected chi connectivity index (χ1v) is 9.80. The Kier molecular flexibility index (Phi) is 4.84.